The normalized spacial score (nSPS) is 11.1. The first kappa shape index (κ1) is 14.2. The van der Waals surface area contributed by atoms with Gasteiger partial charge in [0.25, 0.3) is 0 Å². The number of nitrogens with one attached hydrogen (secondary N) is 1. The highest BCUT2D eigenvalue weighted by molar-refractivity contribution is 7.18. The SMILES string of the molecule is Cc1nc(Nc2ccc(F)c(Cl)c2)c2c(C)c(C)sc2n1. The van der Waals surface area contributed by atoms with Gasteiger partial charge in [-0.15, -0.1) is 11.3 Å². The molecule has 0 radical (unpaired) electrons. The summed E-state index contributed by atoms with van der Waals surface area (Å²) in [7, 11) is 0. The van der Waals surface area contributed by atoms with Crippen molar-refractivity contribution in [3.05, 3.63) is 45.3 Å². The van der Waals surface area contributed by atoms with E-state index in [2.05, 4.69) is 29.1 Å². The molecule has 6 heteroatoms. The van der Waals surface area contributed by atoms with Crippen molar-refractivity contribution < 1.29 is 4.39 Å². The van der Waals surface area contributed by atoms with Crippen LogP contribution in [0.3, 0.4) is 0 Å². The standard InChI is InChI=1S/C15H13ClFN3S/c1-7-8(2)21-15-13(7)14(18-9(3)19-15)20-10-4-5-12(17)11(16)6-10/h4-6H,1-3H3,(H,18,19,20). The minimum atomic E-state index is -0.436. The van der Waals surface area contributed by atoms with Crippen LogP contribution in [-0.2, 0) is 0 Å². The molecule has 0 unspecified atom stereocenters. The second kappa shape index (κ2) is 5.24. The van der Waals surface area contributed by atoms with Crippen molar-refractivity contribution in [1.29, 1.82) is 0 Å². The minimum Gasteiger partial charge on any atom is -0.340 e. The fourth-order valence-corrected chi connectivity index (χ4v) is 3.41. The highest BCUT2D eigenvalue weighted by atomic mass is 35.5. The van der Waals surface area contributed by atoms with E-state index in [1.165, 1.54) is 10.9 Å². The van der Waals surface area contributed by atoms with E-state index < -0.39 is 5.82 Å². The molecule has 0 atom stereocenters. The number of aryl methyl sites for hydroxylation is 3. The summed E-state index contributed by atoms with van der Waals surface area (Å²) in [4.78, 5) is 11.1. The predicted molar refractivity (Wildman–Crippen MR) is 86.3 cm³/mol. The van der Waals surface area contributed by atoms with Crippen LogP contribution in [0.2, 0.25) is 5.02 Å². The lowest BCUT2D eigenvalue weighted by Gasteiger charge is -2.09. The van der Waals surface area contributed by atoms with Gasteiger partial charge in [0.1, 0.15) is 22.3 Å². The maximum absolute atomic E-state index is 13.2. The molecule has 108 valence electrons. The Labute approximate surface area is 130 Å². The minimum absolute atomic E-state index is 0.0836. The van der Waals surface area contributed by atoms with Crippen molar-refractivity contribution in [3.8, 4) is 0 Å². The van der Waals surface area contributed by atoms with Gasteiger partial charge in [-0.25, -0.2) is 14.4 Å². The second-order valence-corrected chi connectivity index (χ2v) is 6.45. The molecule has 3 aromatic rings. The van der Waals surface area contributed by atoms with Crippen LogP contribution in [-0.4, -0.2) is 9.97 Å². The summed E-state index contributed by atoms with van der Waals surface area (Å²) in [6.45, 7) is 5.97. The van der Waals surface area contributed by atoms with Gasteiger partial charge in [0, 0.05) is 10.6 Å². The fraction of sp³-hybridized carbons (Fsp3) is 0.200. The van der Waals surface area contributed by atoms with E-state index in [9.17, 15) is 4.39 Å². The molecule has 3 nitrogen and oxygen atoms in total. The molecule has 1 N–H and O–H groups in total. The maximum atomic E-state index is 13.2. The monoisotopic (exact) mass is 321 g/mol. The van der Waals surface area contributed by atoms with Crippen molar-refractivity contribution in [1.82, 2.24) is 9.97 Å². The molecule has 0 aliphatic heterocycles. The van der Waals surface area contributed by atoms with Crippen LogP contribution in [0.1, 0.15) is 16.3 Å². The van der Waals surface area contributed by atoms with E-state index in [4.69, 9.17) is 11.6 Å². The van der Waals surface area contributed by atoms with Gasteiger partial charge in [-0.1, -0.05) is 11.6 Å². The third kappa shape index (κ3) is 2.59. The van der Waals surface area contributed by atoms with Gasteiger partial charge in [-0.05, 0) is 44.5 Å². The van der Waals surface area contributed by atoms with Gasteiger partial charge >= 0.3 is 0 Å². The van der Waals surface area contributed by atoms with Crippen LogP contribution in [0.15, 0.2) is 18.2 Å². The molecule has 0 bridgehead atoms. The molecule has 3 rings (SSSR count). The lowest BCUT2D eigenvalue weighted by atomic mass is 10.2. The molecule has 0 fully saturated rings. The Balaban J connectivity index is 2.13. The molecule has 2 heterocycles. The molecule has 0 saturated carbocycles. The summed E-state index contributed by atoms with van der Waals surface area (Å²) in [6, 6.07) is 4.52. The van der Waals surface area contributed by atoms with Crippen LogP contribution in [0.5, 0.6) is 0 Å². The van der Waals surface area contributed by atoms with Crippen LogP contribution >= 0.6 is 22.9 Å². The van der Waals surface area contributed by atoms with E-state index in [0.717, 1.165) is 21.6 Å². The lowest BCUT2D eigenvalue weighted by Crippen LogP contribution is -1.98. The Morgan fingerprint density at radius 1 is 1.19 bits per heavy atom. The van der Waals surface area contributed by atoms with Gasteiger partial charge in [0.15, 0.2) is 0 Å². The summed E-state index contributed by atoms with van der Waals surface area (Å²) in [5, 5.41) is 4.30. The zero-order chi connectivity index (χ0) is 15.1. The number of anilines is 2. The van der Waals surface area contributed by atoms with E-state index in [1.54, 1.807) is 23.5 Å². The van der Waals surface area contributed by atoms with Crippen molar-refractivity contribution in [2.75, 3.05) is 5.32 Å². The average molecular weight is 322 g/mol. The van der Waals surface area contributed by atoms with Crippen LogP contribution in [0.25, 0.3) is 10.2 Å². The Kier molecular flexibility index (Phi) is 3.55. The number of hydrogen-bond acceptors (Lipinski definition) is 4. The molecule has 21 heavy (non-hydrogen) atoms. The van der Waals surface area contributed by atoms with Crippen LogP contribution in [0.4, 0.5) is 15.9 Å². The van der Waals surface area contributed by atoms with E-state index in [1.807, 2.05) is 6.92 Å². The quantitative estimate of drug-likeness (QED) is 0.709. The van der Waals surface area contributed by atoms with E-state index in [-0.39, 0.29) is 5.02 Å². The number of thiophene rings is 1. The Morgan fingerprint density at radius 3 is 2.67 bits per heavy atom. The molecular weight excluding hydrogens is 309 g/mol. The Hall–Kier alpha value is -1.72. The van der Waals surface area contributed by atoms with Crippen molar-refractivity contribution in [3.63, 3.8) is 0 Å². The summed E-state index contributed by atoms with van der Waals surface area (Å²) in [5.74, 6) is 0.982. The number of aromatic nitrogens is 2. The third-order valence-electron chi connectivity index (χ3n) is 3.32. The number of halogens is 2. The molecular formula is C15H13ClFN3S. The first-order valence-electron chi connectivity index (χ1n) is 6.42. The van der Waals surface area contributed by atoms with E-state index in [0.29, 0.717) is 11.5 Å². The largest absolute Gasteiger partial charge is 0.340 e. The van der Waals surface area contributed by atoms with Crippen LogP contribution in [0, 0.1) is 26.6 Å². The topological polar surface area (TPSA) is 37.8 Å². The van der Waals surface area contributed by atoms with Gasteiger partial charge in [-0.2, -0.15) is 0 Å². The van der Waals surface area contributed by atoms with Crippen molar-refractivity contribution >= 4 is 44.7 Å². The number of benzene rings is 1. The first-order chi connectivity index (χ1) is 9.95. The average Bonchev–Trinajstić information content (AvgIpc) is 2.69. The lowest BCUT2D eigenvalue weighted by molar-refractivity contribution is 0.628. The highest BCUT2D eigenvalue weighted by Crippen LogP contribution is 2.34. The van der Waals surface area contributed by atoms with Crippen molar-refractivity contribution in [2.24, 2.45) is 0 Å². The number of nitrogens with zero attached hydrogens (tertiary/aromatic N) is 2. The zero-order valence-electron chi connectivity index (χ0n) is 11.8. The summed E-state index contributed by atoms with van der Waals surface area (Å²) >= 11 is 7.47. The third-order valence-corrected chi connectivity index (χ3v) is 4.71. The number of rotatable bonds is 2. The summed E-state index contributed by atoms with van der Waals surface area (Å²) in [5.41, 5.74) is 1.86. The number of fused-ring (bicyclic) bond motifs is 1. The Morgan fingerprint density at radius 2 is 1.95 bits per heavy atom. The highest BCUT2D eigenvalue weighted by Gasteiger charge is 2.14. The van der Waals surface area contributed by atoms with Crippen molar-refractivity contribution in [2.45, 2.75) is 20.8 Å². The predicted octanol–water partition coefficient (Wildman–Crippen LogP) is 5.15. The zero-order valence-corrected chi connectivity index (χ0v) is 13.4. The smallest absolute Gasteiger partial charge is 0.143 e. The molecule has 1 aromatic carbocycles. The molecule has 0 spiro atoms. The second-order valence-electron chi connectivity index (χ2n) is 4.84. The van der Waals surface area contributed by atoms with Gasteiger partial charge < -0.3 is 5.32 Å². The van der Waals surface area contributed by atoms with Gasteiger partial charge in [0.2, 0.25) is 0 Å². The molecule has 0 saturated heterocycles. The molecule has 0 amide bonds. The molecule has 0 aliphatic rings. The maximum Gasteiger partial charge on any atom is 0.143 e. The summed E-state index contributed by atoms with van der Waals surface area (Å²) < 4.78 is 13.2. The first-order valence-corrected chi connectivity index (χ1v) is 7.61. The van der Waals surface area contributed by atoms with Crippen LogP contribution < -0.4 is 5.32 Å². The van der Waals surface area contributed by atoms with Gasteiger partial charge in [0.05, 0.1) is 10.4 Å². The Bertz CT molecular complexity index is 845. The van der Waals surface area contributed by atoms with E-state index >= 15 is 0 Å². The summed E-state index contributed by atoms with van der Waals surface area (Å²) in [6.07, 6.45) is 0. The molecule has 2 aromatic heterocycles. The molecule has 0 aliphatic carbocycles. The van der Waals surface area contributed by atoms with Gasteiger partial charge in [-0.3, -0.25) is 0 Å². The number of hydrogen-bond donors (Lipinski definition) is 1. The fourth-order valence-electron chi connectivity index (χ4n) is 2.16.